The predicted octanol–water partition coefficient (Wildman–Crippen LogP) is 3.32. The van der Waals surface area contributed by atoms with Crippen molar-refractivity contribution in [2.45, 2.75) is 20.3 Å². The van der Waals surface area contributed by atoms with Crippen molar-refractivity contribution in [1.82, 2.24) is 14.6 Å². The van der Waals surface area contributed by atoms with E-state index in [0.29, 0.717) is 12.1 Å². The molecule has 0 aliphatic heterocycles. The maximum absolute atomic E-state index is 12.4. The minimum absolute atomic E-state index is 0.0154. The number of aromatic nitrogens is 3. The molecular formula is C15H14BrN3O. The van der Waals surface area contributed by atoms with Gasteiger partial charge in [-0.2, -0.15) is 0 Å². The zero-order chi connectivity index (χ0) is 14.3. The Hall–Kier alpha value is -1.88. The predicted molar refractivity (Wildman–Crippen MR) is 83.1 cm³/mol. The van der Waals surface area contributed by atoms with Crippen LogP contribution < -0.4 is 5.56 Å². The number of aromatic amines is 1. The average molecular weight is 332 g/mol. The van der Waals surface area contributed by atoms with Crippen LogP contribution in [0.1, 0.15) is 18.2 Å². The number of aryl methyl sites for hydroxylation is 1. The van der Waals surface area contributed by atoms with E-state index in [1.165, 1.54) is 4.52 Å². The van der Waals surface area contributed by atoms with Crippen molar-refractivity contribution < 1.29 is 0 Å². The SMILES string of the molecule is CCc1c(C)nc2cc(-c3ccc(Br)cc3)[nH]n2c1=O. The number of rotatable bonds is 2. The summed E-state index contributed by atoms with van der Waals surface area (Å²) in [5.74, 6) is 0. The first kappa shape index (κ1) is 13.1. The molecule has 2 aromatic heterocycles. The fraction of sp³-hybridized carbons (Fsp3) is 0.200. The molecule has 3 rings (SSSR count). The van der Waals surface area contributed by atoms with Crippen molar-refractivity contribution in [3.05, 3.63) is 56.4 Å². The van der Waals surface area contributed by atoms with Crippen LogP contribution in [0.5, 0.6) is 0 Å². The van der Waals surface area contributed by atoms with Gasteiger partial charge in [0.25, 0.3) is 5.56 Å². The third-order valence-electron chi connectivity index (χ3n) is 3.42. The zero-order valence-corrected chi connectivity index (χ0v) is 12.9. The van der Waals surface area contributed by atoms with Gasteiger partial charge in [-0.1, -0.05) is 35.0 Å². The first-order chi connectivity index (χ1) is 9.60. The van der Waals surface area contributed by atoms with E-state index in [0.717, 1.165) is 27.0 Å². The lowest BCUT2D eigenvalue weighted by Gasteiger charge is -2.01. The van der Waals surface area contributed by atoms with Crippen molar-refractivity contribution >= 4 is 21.6 Å². The van der Waals surface area contributed by atoms with Crippen molar-refractivity contribution in [1.29, 1.82) is 0 Å². The Morgan fingerprint density at radius 3 is 2.65 bits per heavy atom. The quantitative estimate of drug-likeness (QED) is 0.783. The monoisotopic (exact) mass is 331 g/mol. The van der Waals surface area contributed by atoms with E-state index >= 15 is 0 Å². The first-order valence-electron chi connectivity index (χ1n) is 6.47. The highest BCUT2D eigenvalue weighted by Gasteiger charge is 2.11. The second-order valence-electron chi connectivity index (χ2n) is 4.70. The van der Waals surface area contributed by atoms with Crippen LogP contribution in [0, 0.1) is 6.92 Å². The molecule has 0 bridgehead atoms. The molecule has 0 unspecified atom stereocenters. The van der Waals surface area contributed by atoms with Gasteiger partial charge >= 0.3 is 0 Å². The lowest BCUT2D eigenvalue weighted by molar-refractivity contribution is 0.856. The molecule has 4 nitrogen and oxygen atoms in total. The molecule has 2 heterocycles. The molecule has 102 valence electrons. The summed E-state index contributed by atoms with van der Waals surface area (Å²) in [4.78, 5) is 16.9. The van der Waals surface area contributed by atoms with Crippen LogP contribution in [0.15, 0.2) is 39.6 Å². The number of benzene rings is 1. The highest BCUT2D eigenvalue weighted by molar-refractivity contribution is 9.10. The van der Waals surface area contributed by atoms with Crippen molar-refractivity contribution in [2.24, 2.45) is 0 Å². The Labute approximate surface area is 124 Å². The molecule has 20 heavy (non-hydrogen) atoms. The minimum Gasteiger partial charge on any atom is -0.289 e. The van der Waals surface area contributed by atoms with Crippen molar-refractivity contribution in [3.8, 4) is 11.3 Å². The molecule has 0 amide bonds. The molecule has 0 saturated carbocycles. The third kappa shape index (κ3) is 2.08. The summed E-state index contributed by atoms with van der Waals surface area (Å²) in [6.45, 7) is 3.85. The Morgan fingerprint density at radius 1 is 1.30 bits per heavy atom. The number of halogens is 1. The highest BCUT2D eigenvalue weighted by atomic mass is 79.9. The van der Waals surface area contributed by atoms with Gasteiger partial charge in [-0.15, -0.1) is 0 Å². The van der Waals surface area contributed by atoms with E-state index < -0.39 is 0 Å². The van der Waals surface area contributed by atoms with Gasteiger partial charge < -0.3 is 0 Å². The lowest BCUT2D eigenvalue weighted by atomic mass is 10.1. The van der Waals surface area contributed by atoms with Crippen LogP contribution in [-0.2, 0) is 6.42 Å². The number of nitrogens with zero attached hydrogens (tertiary/aromatic N) is 2. The summed E-state index contributed by atoms with van der Waals surface area (Å²) >= 11 is 3.41. The van der Waals surface area contributed by atoms with Gasteiger partial charge in [0.05, 0.1) is 5.69 Å². The topological polar surface area (TPSA) is 50.2 Å². The van der Waals surface area contributed by atoms with E-state index in [1.54, 1.807) is 0 Å². The maximum atomic E-state index is 12.4. The van der Waals surface area contributed by atoms with E-state index in [9.17, 15) is 4.79 Å². The Bertz CT molecular complexity index is 831. The fourth-order valence-corrected chi connectivity index (χ4v) is 2.62. The molecule has 3 aromatic rings. The van der Waals surface area contributed by atoms with Crippen molar-refractivity contribution in [2.75, 3.05) is 0 Å². The number of hydrogen-bond acceptors (Lipinski definition) is 2. The number of hydrogen-bond donors (Lipinski definition) is 1. The largest absolute Gasteiger partial charge is 0.289 e. The molecule has 1 N–H and O–H groups in total. The maximum Gasteiger partial charge on any atom is 0.276 e. The number of fused-ring (bicyclic) bond motifs is 1. The Kier molecular flexibility index (Phi) is 3.22. The van der Waals surface area contributed by atoms with Crippen LogP contribution in [0.25, 0.3) is 16.9 Å². The van der Waals surface area contributed by atoms with Crippen LogP contribution in [0.2, 0.25) is 0 Å². The van der Waals surface area contributed by atoms with Crippen LogP contribution in [-0.4, -0.2) is 14.6 Å². The molecule has 0 atom stereocenters. The normalized spacial score (nSPS) is 11.2. The minimum atomic E-state index is -0.0154. The fourth-order valence-electron chi connectivity index (χ4n) is 2.35. The van der Waals surface area contributed by atoms with Crippen LogP contribution in [0.3, 0.4) is 0 Å². The Morgan fingerprint density at radius 2 is 2.00 bits per heavy atom. The van der Waals surface area contributed by atoms with Gasteiger partial charge in [0, 0.05) is 21.8 Å². The molecule has 1 aromatic carbocycles. The molecule has 0 fully saturated rings. The summed E-state index contributed by atoms with van der Waals surface area (Å²) < 4.78 is 2.54. The summed E-state index contributed by atoms with van der Waals surface area (Å²) in [6, 6.07) is 9.83. The Balaban J connectivity index is 2.23. The van der Waals surface area contributed by atoms with E-state index in [4.69, 9.17) is 0 Å². The van der Waals surface area contributed by atoms with Gasteiger partial charge in [0.1, 0.15) is 0 Å². The second-order valence-corrected chi connectivity index (χ2v) is 5.62. The molecule has 0 aliphatic carbocycles. The highest BCUT2D eigenvalue weighted by Crippen LogP contribution is 2.21. The van der Waals surface area contributed by atoms with Gasteiger partial charge in [0.2, 0.25) is 0 Å². The number of nitrogens with one attached hydrogen (secondary N) is 1. The molecule has 0 aliphatic rings. The van der Waals surface area contributed by atoms with Gasteiger partial charge in [-0.3, -0.25) is 9.89 Å². The second kappa shape index (κ2) is 4.90. The summed E-state index contributed by atoms with van der Waals surface area (Å²) in [5.41, 5.74) is 4.11. The summed E-state index contributed by atoms with van der Waals surface area (Å²) in [6.07, 6.45) is 0.688. The third-order valence-corrected chi connectivity index (χ3v) is 3.95. The zero-order valence-electron chi connectivity index (χ0n) is 11.3. The van der Waals surface area contributed by atoms with Crippen LogP contribution >= 0.6 is 15.9 Å². The molecule has 0 radical (unpaired) electrons. The van der Waals surface area contributed by atoms with Gasteiger partial charge in [-0.25, -0.2) is 9.50 Å². The smallest absolute Gasteiger partial charge is 0.276 e. The molecule has 5 heteroatoms. The molecule has 0 spiro atoms. The molecule has 0 saturated heterocycles. The van der Waals surface area contributed by atoms with E-state index in [1.807, 2.05) is 44.2 Å². The number of H-pyrrole nitrogens is 1. The van der Waals surface area contributed by atoms with Gasteiger partial charge in [0.15, 0.2) is 5.65 Å². The molecular weight excluding hydrogens is 318 g/mol. The average Bonchev–Trinajstić information content (AvgIpc) is 2.84. The first-order valence-corrected chi connectivity index (χ1v) is 7.26. The summed E-state index contributed by atoms with van der Waals surface area (Å²) in [7, 11) is 0. The standard InChI is InChI=1S/C15H14BrN3O/c1-3-12-9(2)17-14-8-13(18-19(14)15(12)20)10-4-6-11(16)7-5-10/h4-8,18H,3H2,1-2H3. The van der Waals surface area contributed by atoms with Gasteiger partial charge in [-0.05, 0) is 31.0 Å². The van der Waals surface area contributed by atoms with Crippen LogP contribution in [0.4, 0.5) is 0 Å². The van der Waals surface area contributed by atoms with E-state index in [-0.39, 0.29) is 5.56 Å². The van der Waals surface area contributed by atoms with Crippen molar-refractivity contribution in [3.63, 3.8) is 0 Å². The lowest BCUT2D eigenvalue weighted by Crippen LogP contribution is -2.21. The van der Waals surface area contributed by atoms with E-state index in [2.05, 4.69) is 26.0 Å². The summed E-state index contributed by atoms with van der Waals surface area (Å²) in [5, 5.41) is 3.13.